The maximum Gasteiger partial charge on any atom is 0.305 e. The molecule has 0 saturated heterocycles. The minimum absolute atomic E-state index is 0.0144. The van der Waals surface area contributed by atoms with Crippen molar-refractivity contribution < 1.29 is 24.5 Å². The van der Waals surface area contributed by atoms with E-state index in [4.69, 9.17) is 4.74 Å². The van der Waals surface area contributed by atoms with Crippen molar-refractivity contribution in [1.29, 1.82) is 0 Å². The number of hydrogen-bond acceptors (Lipinski definition) is 5. The van der Waals surface area contributed by atoms with Gasteiger partial charge in [-0.05, 0) is 57.8 Å². The molecule has 432 valence electrons. The molecular weight excluding hydrogens is 899 g/mol. The number of rotatable bonds is 62. The number of aliphatic hydroxyl groups is 2. The smallest absolute Gasteiger partial charge is 0.305 e. The van der Waals surface area contributed by atoms with E-state index in [-0.39, 0.29) is 18.5 Å². The molecule has 0 fully saturated rings. The van der Waals surface area contributed by atoms with Crippen LogP contribution in [0.3, 0.4) is 0 Å². The van der Waals surface area contributed by atoms with E-state index in [9.17, 15) is 19.8 Å². The molecule has 6 heteroatoms. The van der Waals surface area contributed by atoms with E-state index in [0.29, 0.717) is 19.4 Å². The first-order valence-electron chi connectivity index (χ1n) is 33.1. The number of hydrogen-bond donors (Lipinski definition) is 3. The van der Waals surface area contributed by atoms with Gasteiger partial charge in [-0.3, -0.25) is 9.59 Å². The van der Waals surface area contributed by atoms with E-state index >= 15 is 0 Å². The Balaban J connectivity index is 3.34. The van der Waals surface area contributed by atoms with Gasteiger partial charge >= 0.3 is 5.97 Å². The highest BCUT2D eigenvalue weighted by molar-refractivity contribution is 5.76. The van der Waals surface area contributed by atoms with Crippen molar-refractivity contribution in [1.82, 2.24) is 5.32 Å². The van der Waals surface area contributed by atoms with Crippen LogP contribution in [0.4, 0.5) is 0 Å². The third-order valence-electron chi connectivity index (χ3n) is 15.5. The van der Waals surface area contributed by atoms with Gasteiger partial charge in [-0.2, -0.15) is 0 Å². The molecule has 2 atom stereocenters. The fourth-order valence-corrected chi connectivity index (χ4v) is 10.4. The molecule has 0 heterocycles. The lowest BCUT2D eigenvalue weighted by Gasteiger charge is -2.20. The van der Waals surface area contributed by atoms with Crippen molar-refractivity contribution in [2.75, 3.05) is 13.2 Å². The largest absolute Gasteiger partial charge is 0.466 e. The van der Waals surface area contributed by atoms with Crippen LogP contribution in [-0.2, 0) is 14.3 Å². The Morgan fingerprint density at radius 3 is 0.973 bits per heavy atom. The summed E-state index contributed by atoms with van der Waals surface area (Å²) in [5.74, 6) is -0.0507. The standard InChI is InChI=1S/C67H129NO5/c1-3-5-7-9-11-13-15-17-18-19-31-34-37-41-45-49-53-57-61-67(72)73-62-58-54-50-46-42-38-35-32-29-27-25-23-21-20-22-24-26-28-30-33-36-40-44-48-52-56-60-66(71)68-64(63-69)65(70)59-55-51-47-43-39-16-14-12-10-8-6-4-2/h18-19,55,59,64-65,69-70H,3-17,20-54,56-58,60-63H2,1-2H3,(H,68,71)/b19-18-,59-55+. The Morgan fingerprint density at radius 2 is 0.644 bits per heavy atom. The number of carbonyl (C=O) groups is 2. The topological polar surface area (TPSA) is 95.9 Å². The van der Waals surface area contributed by atoms with E-state index in [1.807, 2.05) is 6.08 Å². The predicted octanol–water partition coefficient (Wildman–Crippen LogP) is 21.0. The number of unbranched alkanes of at least 4 members (excludes halogenated alkanes) is 49. The van der Waals surface area contributed by atoms with E-state index in [1.54, 1.807) is 6.08 Å². The summed E-state index contributed by atoms with van der Waals surface area (Å²) in [6, 6.07) is -0.625. The normalized spacial score (nSPS) is 12.7. The van der Waals surface area contributed by atoms with Gasteiger partial charge in [0.05, 0.1) is 25.4 Å². The SMILES string of the molecule is CCCCCCCCC/C=C\CCCCCCCCCC(=O)OCCCCCCCCCCCCCCCCCCCCCCCCCCCCC(=O)NC(CO)C(O)/C=C/CCCCCCCCCCCC. The van der Waals surface area contributed by atoms with Crippen LogP contribution >= 0.6 is 0 Å². The van der Waals surface area contributed by atoms with Gasteiger partial charge in [-0.1, -0.05) is 321 Å². The second kappa shape index (κ2) is 62.9. The monoisotopic (exact) mass is 1030 g/mol. The van der Waals surface area contributed by atoms with Gasteiger partial charge in [0.1, 0.15) is 0 Å². The van der Waals surface area contributed by atoms with Crippen LogP contribution in [0.15, 0.2) is 24.3 Å². The van der Waals surface area contributed by atoms with Gasteiger partial charge in [-0.15, -0.1) is 0 Å². The van der Waals surface area contributed by atoms with Gasteiger partial charge in [0.2, 0.25) is 5.91 Å². The molecule has 0 radical (unpaired) electrons. The lowest BCUT2D eigenvalue weighted by Crippen LogP contribution is -2.45. The summed E-state index contributed by atoms with van der Waals surface area (Å²) < 4.78 is 5.50. The first-order valence-corrected chi connectivity index (χ1v) is 33.1. The van der Waals surface area contributed by atoms with Crippen LogP contribution in [-0.4, -0.2) is 47.4 Å². The van der Waals surface area contributed by atoms with Crippen molar-refractivity contribution >= 4 is 11.9 Å². The fraction of sp³-hybridized carbons (Fsp3) is 0.910. The predicted molar refractivity (Wildman–Crippen MR) is 320 cm³/mol. The highest BCUT2D eigenvalue weighted by Crippen LogP contribution is 2.18. The van der Waals surface area contributed by atoms with Gasteiger partial charge < -0.3 is 20.3 Å². The van der Waals surface area contributed by atoms with Gasteiger partial charge in [0, 0.05) is 12.8 Å². The Morgan fingerprint density at radius 1 is 0.370 bits per heavy atom. The highest BCUT2D eigenvalue weighted by Gasteiger charge is 2.18. The molecule has 0 aliphatic rings. The molecule has 0 aromatic carbocycles. The van der Waals surface area contributed by atoms with Gasteiger partial charge in [0.15, 0.2) is 0 Å². The number of ether oxygens (including phenoxy) is 1. The highest BCUT2D eigenvalue weighted by atomic mass is 16.5. The molecule has 1 amide bonds. The molecule has 0 bridgehead atoms. The van der Waals surface area contributed by atoms with Crippen molar-refractivity contribution in [2.24, 2.45) is 0 Å². The average molecular weight is 1030 g/mol. The number of carbonyl (C=O) groups excluding carboxylic acids is 2. The van der Waals surface area contributed by atoms with Crippen LogP contribution in [0.25, 0.3) is 0 Å². The molecule has 0 spiro atoms. The van der Waals surface area contributed by atoms with E-state index in [1.165, 1.54) is 295 Å². The number of esters is 1. The number of aliphatic hydroxyl groups excluding tert-OH is 2. The summed E-state index contributed by atoms with van der Waals surface area (Å²) in [7, 11) is 0. The minimum Gasteiger partial charge on any atom is -0.466 e. The molecular formula is C67H129NO5. The fourth-order valence-electron chi connectivity index (χ4n) is 10.4. The summed E-state index contributed by atoms with van der Waals surface area (Å²) >= 11 is 0. The van der Waals surface area contributed by atoms with Crippen LogP contribution in [0, 0.1) is 0 Å². The van der Waals surface area contributed by atoms with E-state index in [2.05, 4.69) is 31.3 Å². The minimum atomic E-state index is -0.841. The molecule has 0 aliphatic carbocycles. The molecule has 3 N–H and O–H groups in total. The van der Waals surface area contributed by atoms with Crippen molar-refractivity contribution in [3.05, 3.63) is 24.3 Å². The number of allylic oxidation sites excluding steroid dienone is 3. The summed E-state index contributed by atoms with van der Waals surface area (Å²) in [6.45, 7) is 4.92. The Kier molecular flexibility index (Phi) is 61.4. The van der Waals surface area contributed by atoms with Crippen LogP contribution in [0.1, 0.15) is 367 Å². The molecule has 73 heavy (non-hydrogen) atoms. The zero-order valence-electron chi connectivity index (χ0n) is 49.4. The van der Waals surface area contributed by atoms with Gasteiger partial charge in [-0.25, -0.2) is 0 Å². The summed E-state index contributed by atoms with van der Waals surface area (Å²) in [6.07, 6.45) is 78.1. The zero-order chi connectivity index (χ0) is 52.9. The molecule has 0 aliphatic heterocycles. The number of nitrogens with one attached hydrogen (secondary N) is 1. The molecule has 6 nitrogen and oxygen atoms in total. The second-order valence-electron chi connectivity index (χ2n) is 22.8. The maximum atomic E-state index is 12.4. The van der Waals surface area contributed by atoms with Crippen LogP contribution in [0.2, 0.25) is 0 Å². The summed E-state index contributed by atoms with van der Waals surface area (Å²) in [5, 5.41) is 23.1. The first kappa shape index (κ1) is 71.3. The quantitative estimate of drug-likeness (QED) is 0.0320. The molecule has 0 aromatic heterocycles. The summed E-state index contributed by atoms with van der Waals surface area (Å²) in [4.78, 5) is 24.5. The van der Waals surface area contributed by atoms with E-state index < -0.39 is 12.1 Å². The number of amides is 1. The van der Waals surface area contributed by atoms with Crippen molar-refractivity contribution in [2.45, 2.75) is 379 Å². The second-order valence-corrected chi connectivity index (χ2v) is 22.8. The molecule has 2 unspecified atom stereocenters. The average Bonchev–Trinajstić information content (AvgIpc) is 3.39. The Bertz CT molecular complexity index is 1140. The van der Waals surface area contributed by atoms with Crippen LogP contribution in [0.5, 0.6) is 0 Å². The zero-order valence-corrected chi connectivity index (χ0v) is 49.4. The van der Waals surface area contributed by atoms with Crippen LogP contribution < -0.4 is 5.32 Å². The molecule has 0 rings (SSSR count). The third kappa shape index (κ3) is 59.4. The summed E-state index contributed by atoms with van der Waals surface area (Å²) in [5.41, 5.74) is 0. The van der Waals surface area contributed by atoms with Crippen molar-refractivity contribution in [3.8, 4) is 0 Å². The maximum absolute atomic E-state index is 12.4. The molecule has 0 aromatic rings. The van der Waals surface area contributed by atoms with Gasteiger partial charge in [0.25, 0.3) is 0 Å². The third-order valence-corrected chi connectivity index (χ3v) is 15.5. The first-order chi connectivity index (χ1) is 36.0. The van der Waals surface area contributed by atoms with E-state index in [0.717, 1.165) is 44.9 Å². The lowest BCUT2D eigenvalue weighted by molar-refractivity contribution is -0.143. The lowest BCUT2D eigenvalue weighted by atomic mass is 10.0. The Labute approximate surface area is 456 Å². The Hall–Kier alpha value is -1.66. The molecule has 0 saturated carbocycles. The van der Waals surface area contributed by atoms with Crippen molar-refractivity contribution in [3.63, 3.8) is 0 Å².